The van der Waals surface area contributed by atoms with Crippen LogP contribution in [0.15, 0.2) is 0 Å². The van der Waals surface area contributed by atoms with Gasteiger partial charge in [-0.3, -0.25) is 4.79 Å². The van der Waals surface area contributed by atoms with Crippen LogP contribution in [0.4, 0.5) is 0 Å². The molecule has 0 saturated carbocycles. The lowest BCUT2D eigenvalue weighted by Gasteiger charge is -2.34. The molecule has 18 heavy (non-hydrogen) atoms. The highest BCUT2D eigenvalue weighted by molar-refractivity contribution is 5.77. The molecule has 0 heterocycles. The minimum atomic E-state index is -0.484. The van der Waals surface area contributed by atoms with Crippen LogP contribution in [-0.4, -0.2) is 19.1 Å². The molecule has 0 aliphatic carbocycles. The molecule has 0 radical (unpaired) electrons. The first kappa shape index (κ1) is 17.4. The Morgan fingerprint density at radius 1 is 1.17 bits per heavy atom. The molecule has 0 fully saturated rings. The first-order chi connectivity index (χ1) is 8.55. The lowest BCUT2D eigenvalue weighted by molar-refractivity contribution is -0.158. The van der Waals surface area contributed by atoms with E-state index in [1.807, 2.05) is 6.92 Å². The SMILES string of the molecule is CCCCCCCC(CN)(C(=O)OCC)C(C)C. The van der Waals surface area contributed by atoms with Crippen molar-refractivity contribution in [2.24, 2.45) is 17.1 Å². The van der Waals surface area contributed by atoms with Crippen molar-refractivity contribution < 1.29 is 9.53 Å². The van der Waals surface area contributed by atoms with Crippen LogP contribution in [0.25, 0.3) is 0 Å². The number of carbonyl (C=O) groups excluding carboxylic acids is 1. The summed E-state index contributed by atoms with van der Waals surface area (Å²) in [4.78, 5) is 12.2. The first-order valence-electron chi connectivity index (χ1n) is 7.42. The van der Waals surface area contributed by atoms with Gasteiger partial charge in [-0.15, -0.1) is 0 Å². The zero-order valence-corrected chi connectivity index (χ0v) is 12.6. The van der Waals surface area contributed by atoms with E-state index in [2.05, 4.69) is 20.8 Å². The highest BCUT2D eigenvalue weighted by atomic mass is 16.5. The van der Waals surface area contributed by atoms with Crippen LogP contribution in [0.2, 0.25) is 0 Å². The molecule has 0 aliphatic rings. The van der Waals surface area contributed by atoms with Crippen molar-refractivity contribution in [1.82, 2.24) is 0 Å². The molecule has 108 valence electrons. The van der Waals surface area contributed by atoms with E-state index in [1.165, 1.54) is 25.7 Å². The largest absolute Gasteiger partial charge is 0.466 e. The third kappa shape index (κ3) is 4.97. The molecule has 0 spiro atoms. The molecular formula is C15H31NO2. The van der Waals surface area contributed by atoms with E-state index in [0.29, 0.717) is 13.2 Å². The second-order valence-electron chi connectivity index (χ2n) is 5.40. The topological polar surface area (TPSA) is 52.3 Å². The molecule has 1 atom stereocenters. The van der Waals surface area contributed by atoms with Gasteiger partial charge in [0.05, 0.1) is 12.0 Å². The summed E-state index contributed by atoms with van der Waals surface area (Å²) in [5, 5.41) is 0. The van der Waals surface area contributed by atoms with E-state index in [4.69, 9.17) is 10.5 Å². The van der Waals surface area contributed by atoms with Gasteiger partial charge >= 0.3 is 5.97 Å². The number of hydrogen-bond donors (Lipinski definition) is 1. The monoisotopic (exact) mass is 257 g/mol. The number of carbonyl (C=O) groups is 1. The highest BCUT2D eigenvalue weighted by Gasteiger charge is 2.41. The van der Waals surface area contributed by atoms with Gasteiger partial charge in [0, 0.05) is 6.54 Å². The molecule has 0 saturated heterocycles. The molecule has 0 aromatic heterocycles. The Bertz CT molecular complexity index is 229. The second-order valence-corrected chi connectivity index (χ2v) is 5.40. The Morgan fingerprint density at radius 2 is 1.78 bits per heavy atom. The maximum absolute atomic E-state index is 12.2. The van der Waals surface area contributed by atoms with Gasteiger partial charge in [0.15, 0.2) is 0 Å². The lowest BCUT2D eigenvalue weighted by Crippen LogP contribution is -2.44. The molecule has 0 aromatic rings. The van der Waals surface area contributed by atoms with E-state index in [9.17, 15) is 4.79 Å². The molecule has 0 bridgehead atoms. The standard InChI is InChI=1S/C15H31NO2/c1-5-7-8-9-10-11-15(12-16,13(3)4)14(17)18-6-2/h13H,5-12,16H2,1-4H3. The smallest absolute Gasteiger partial charge is 0.313 e. The summed E-state index contributed by atoms with van der Waals surface area (Å²) in [6.07, 6.45) is 6.86. The molecule has 3 nitrogen and oxygen atoms in total. The molecule has 0 aromatic carbocycles. The van der Waals surface area contributed by atoms with E-state index >= 15 is 0 Å². The molecule has 0 amide bonds. The van der Waals surface area contributed by atoms with Crippen molar-refractivity contribution in [1.29, 1.82) is 0 Å². The number of unbranched alkanes of at least 4 members (excludes halogenated alkanes) is 4. The minimum Gasteiger partial charge on any atom is -0.466 e. The number of ether oxygens (including phenoxy) is 1. The molecule has 0 rings (SSSR count). The highest BCUT2D eigenvalue weighted by Crippen LogP contribution is 2.34. The number of hydrogen-bond acceptors (Lipinski definition) is 3. The Hall–Kier alpha value is -0.570. The van der Waals surface area contributed by atoms with E-state index in [-0.39, 0.29) is 11.9 Å². The van der Waals surface area contributed by atoms with Crippen molar-refractivity contribution in [2.45, 2.75) is 66.2 Å². The Balaban J connectivity index is 4.42. The van der Waals surface area contributed by atoms with Crippen molar-refractivity contribution in [3.63, 3.8) is 0 Å². The van der Waals surface area contributed by atoms with Crippen LogP contribution in [0.3, 0.4) is 0 Å². The predicted molar refractivity (Wildman–Crippen MR) is 76.3 cm³/mol. The third-order valence-corrected chi connectivity index (χ3v) is 3.88. The average molecular weight is 257 g/mol. The van der Waals surface area contributed by atoms with Crippen LogP contribution in [0, 0.1) is 11.3 Å². The Kier molecular flexibility index (Phi) is 9.08. The fourth-order valence-corrected chi connectivity index (χ4v) is 2.37. The number of esters is 1. The third-order valence-electron chi connectivity index (χ3n) is 3.88. The molecular weight excluding hydrogens is 226 g/mol. The Labute approximate surface area is 112 Å². The van der Waals surface area contributed by atoms with Crippen LogP contribution in [0.1, 0.15) is 66.2 Å². The Morgan fingerprint density at radius 3 is 2.22 bits per heavy atom. The fraction of sp³-hybridized carbons (Fsp3) is 0.933. The van der Waals surface area contributed by atoms with Crippen LogP contribution in [-0.2, 0) is 9.53 Å². The van der Waals surface area contributed by atoms with Gasteiger partial charge in [-0.25, -0.2) is 0 Å². The summed E-state index contributed by atoms with van der Waals surface area (Å²) in [6.45, 7) is 9.00. The summed E-state index contributed by atoms with van der Waals surface area (Å²) in [6, 6.07) is 0. The zero-order chi connectivity index (χ0) is 14.0. The van der Waals surface area contributed by atoms with Crippen molar-refractivity contribution in [2.75, 3.05) is 13.2 Å². The van der Waals surface area contributed by atoms with Gasteiger partial charge in [-0.2, -0.15) is 0 Å². The van der Waals surface area contributed by atoms with Crippen LogP contribution in [0.5, 0.6) is 0 Å². The minimum absolute atomic E-state index is 0.113. The summed E-state index contributed by atoms with van der Waals surface area (Å²) in [7, 11) is 0. The molecule has 0 aliphatic heterocycles. The van der Waals surface area contributed by atoms with Crippen molar-refractivity contribution >= 4 is 5.97 Å². The van der Waals surface area contributed by atoms with Gasteiger partial charge in [-0.1, -0.05) is 52.9 Å². The lowest BCUT2D eigenvalue weighted by atomic mass is 9.73. The molecule has 1 unspecified atom stereocenters. The van der Waals surface area contributed by atoms with Gasteiger partial charge in [-0.05, 0) is 19.3 Å². The van der Waals surface area contributed by atoms with Gasteiger partial charge in [0.25, 0.3) is 0 Å². The summed E-state index contributed by atoms with van der Waals surface area (Å²) in [5.41, 5.74) is 5.40. The second kappa shape index (κ2) is 9.37. The fourth-order valence-electron chi connectivity index (χ4n) is 2.37. The van der Waals surface area contributed by atoms with Gasteiger partial charge < -0.3 is 10.5 Å². The van der Waals surface area contributed by atoms with Crippen LogP contribution < -0.4 is 5.73 Å². The zero-order valence-electron chi connectivity index (χ0n) is 12.6. The van der Waals surface area contributed by atoms with E-state index in [1.54, 1.807) is 0 Å². The maximum Gasteiger partial charge on any atom is 0.313 e. The van der Waals surface area contributed by atoms with Crippen molar-refractivity contribution in [3.05, 3.63) is 0 Å². The average Bonchev–Trinajstić information content (AvgIpc) is 2.34. The van der Waals surface area contributed by atoms with Crippen molar-refractivity contribution in [3.8, 4) is 0 Å². The first-order valence-corrected chi connectivity index (χ1v) is 7.42. The summed E-state index contributed by atoms with van der Waals surface area (Å²) in [5.74, 6) is 0.116. The summed E-state index contributed by atoms with van der Waals surface area (Å²) >= 11 is 0. The maximum atomic E-state index is 12.2. The molecule has 3 heteroatoms. The summed E-state index contributed by atoms with van der Waals surface area (Å²) < 4.78 is 5.22. The quantitative estimate of drug-likeness (QED) is 0.481. The predicted octanol–water partition coefficient (Wildman–Crippen LogP) is 3.51. The van der Waals surface area contributed by atoms with Crippen LogP contribution >= 0.6 is 0 Å². The van der Waals surface area contributed by atoms with Gasteiger partial charge in [0.1, 0.15) is 0 Å². The number of nitrogens with two attached hydrogens (primary N) is 1. The number of rotatable bonds is 10. The molecule has 2 N–H and O–H groups in total. The van der Waals surface area contributed by atoms with E-state index in [0.717, 1.165) is 12.8 Å². The van der Waals surface area contributed by atoms with E-state index < -0.39 is 5.41 Å². The van der Waals surface area contributed by atoms with Gasteiger partial charge in [0.2, 0.25) is 0 Å². The normalized spacial score (nSPS) is 14.6.